The third kappa shape index (κ3) is 4.46. The van der Waals surface area contributed by atoms with Gasteiger partial charge in [0, 0.05) is 12.1 Å². The maximum absolute atomic E-state index is 11.4. The Hall–Kier alpha value is -2.11. The van der Waals surface area contributed by atoms with Crippen LogP contribution in [0.4, 0.5) is 11.4 Å². The predicted molar refractivity (Wildman–Crippen MR) is 93.4 cm³/mol. The number of benzene rings is 1. The molecule has 0 bridgehead atoms. The third-order valence-corrected chi connectivity index (χ3v) is 4.74. The van der Waals surface area contributed by atoms with Gasteiger partial charge in [-0.15, -0.1) is 0 Å². The van der Waals surface area contributed by atoms with Crippen molar-refractivity contribution in [2.45, 2.75) is 59.4 Å². The van der Waals surface area contributed by atoms with E-state index in [0.717, 1.165) is 24.8 Å². The Morgan fingerprint density at radius 1 is 1.42 bits per heavy atom. The van der Waals surface area contributed by atoms with Gasteiger partial charge < -0.3 is 10.4 Å². The highest BCUT2D eigenvalue weighted by Crippen LogP contribution is 2.40. The van der Waals surface area contributed by atoms with E-state index in [1.807, 2.05) is 0 Å². The Bertz CT molecular complexity index is 655. The Balaban J connectivity index is 2.30. The van der Waals surface area contributed by atoms with Gasteiger partial charge in [-0.2, -0.15) is 0 Å². The minimum absolute atomic E-state index is 0.0483. The molecule has 1 aliphatic rings. The van der Waals surface area contributed by atoms with Crippen molar-refractivity contribution >= 4 is 17.3 Å². The van der Waals surface area contributed by atoms with Crippen LogP contribution in [0.1, 0.15) is 51.2 Å². The fourth-order valence-electron chi connectivity index (χ4n) is 4.04. The number of nitrogens with one attached hydrogen (secondary N) is 1. The number of nitro benzene ring substituents is 1. The first kappa shape index (κ1) is 18.2. The van der Waals surface area contributed by atoms with E-state index in [-0.39, 0.29) is 23.6 Å². The van der Waals surface area contributed by atoms with Crippen LogP contribution < -0.4 is 5.32 Å². The summed E-state index contributed by atoms with van der Waals surface area (Å²) in [5, 5.41) is 23.7. The largest absolute Gasteiger partial charge is 0.481 e. The molecule has 2 atom stereocenters. The topological polar surface area (TPSA) is 92.5 Å². The zero-order valence-corrected chi connectivity index (χ0v) is 14.8. The minimum Gasteiger partial charge on any atom is -0.481 e. The number of aliphatic carboxylic acids is 1. The second-order valence-electron chi connectivity index (χ2n) is 7.88. The summed E-state index contributed by atoms with van der Waals surface area (Å²) >= 11 is 0. The van der Waals surface area contributed by atoms with Gasteiger partial charge in [0.05, 0.1) is 11.3 Å². The molecule has 1 aliphatic carbocycles. The van der Waals surface area contributed by atoms with Crippen molar-refractivity contribution in [3.8, 4) is 0 Å². The second kappa shape index (κ2) is 6.79. The lowest BCUT2D eigenvalue weighted by atomic mass is 9.70. The van der Waals surface area contributed by atoms with E-state index in [9.17, 15) is 14.9 Å². The van der Waals surface area contributed by atoms with Crippen molar-refractivity contribution in [1.29, 1.82) is 0 Å². The van der Waals surface area contributed by atoms with Gasteiger partial charge in [-0.25, -0.2) is 0 Å². The van der Waals surface area contributed by atoms with Gasteiger partial charge >= 0.3 is 5.97 Å². The average Bonchev–Trinajstić information content (AvgIpc) is 2.38. The molecule has 0 aromatic heterocycles. The summed E-state index contributed by atoms with van der Waals surface area (Å²) in [5.74, 6) is -0.423. The van der Waals surface area contributed by atoms with Crippen molar-refractivity contribution in [2.75, 3.05) is 5.32 Å². The van der Waals surface area contributed by atoms with Crippen LogP contribution in [-0.4, -0.2) is 22.0 Å². The van der Waals surface area contributed by atoms with Crippen LogP contribution >= 0.6 is 0 Å². The lowest BCUT2D eigenvalue weighted by Gasteiger charge is -2.39. The van der Waals surface area contributed by atoms with E-state index in [1.54, 1.807) is 13.0 Å². The zero-order valence-electron chi connectivity index (χ0n) is 14.8. The first-order valence-electron chi connectivity index (χ1n) is 8.33. The lowest BCUT2D eigenvalue weighted by molar-refractivity contribution is -0.384. The average molecular weight is 334 g/mol. The zero-order chi connectivity index (χ0) is 18.1. The molecule has 6 heteroatoms. The molecule has 2 N–H and O–H groups in total. The van der Waals surface area contributed by atoms with Crippen LogP contribution in [0.15, 0.2) is 12.1 Å². The van der Waals surface area contributed by atoms with E-state index in [2.05, 4.69) is 26.1 Å². The van der Waals surface area contributed by atoms with Crippen LogP contribution in [0.25, 0.3) is 0 Å². The molecule has 2 unspecified atom stereocenters. The van der Waals surface area contributed by atoms with Crippen LogP contribution in [0, 0.1) is 28.4 Å². The quantitative estimate of drug-likeness (QED) is 0.623. The Morgan fingerprint density at radius 3 is 2.62 bits per heavy atom. The SMILES string of the molecule is Cc1cc(NC2CC(C)CC(C)(C)C2)c([N+](=O)[O-])cc1CC(=O)O. The summed E-state index contributed by atoms with van der Waals surface area (Å²) in [5.41, 5.74) is 1.89. The van der Waals surface area contributed by atoms with Crippen LogP contribution in [-0.2, 0) is 11.2 Å². The normalized spacial score (nSPS) is 22.8. The van der Waals surface area contributed by atoms with Gasteiger partial charge in [-0.3, -0.25) is 14.9 Å². The molecule has 2 rings (SSSR count). The molecular weight excluding hydrogens is 308 g/mol. The second-order valence-corrected chi connectivity index (χ2v) is 7.88. The van der Waals surface area contributed by atoms with E-state index in [1.165, 1.54) is 6.07 Å². The number of carbonyl (C=O) groups is 1. The highest BCUT2D eigenvalue weighted by molar-refractivity contribution is 5.73. The summed E-state index contributed by atoms with van der Waals surface area (Å²) < 4.78 is 0. The summed E-state index contributed by atoms with van der Waals surface area (Å²) in [4.78, 5) is 21.9. The monoisotopic (exact) mass is 334 g/mol. The number of carboxylic acids is 1. The highest BCUT2D eigenvalue weighted by atomic mass is 16.6. The smallest absolute Gasteiger partial charge is 0.307 e. The standard InChI is InChI=1S/C18H26N2O4/c1-11-5-14(10-18(3,4)9-11)19-15-6-12(2)13(8-17(21)22)7-16(15)20(23)24/h6-7,11,14,19H,5,8-10H2,1-4H3,(H,21,22). The molecule has 1 fully saturated rings. The van der Waals surface area contributed by atoms with Gasteiger partial charge in [-0.1, -0.05) is 20.8 Å². The number of hydrogen-bond acceptors (Lipinski definition) is 4. The van der Waals surface area contributed by atoms with E-state index < -0.39 is 10.9 Å². The maximum atomic E-state index is 11.4. The van der Waals surface area contributed by atoms with Gasteiger partial charge in [-0.05, 0) is 54.7 Å². The molecule has 1 aromatic carbocycles. The van der Waals surface area contributed by atoms with Gasteiger partial charge in [0.1, 0.15) is 5.69 Å². The number of aryl methyl sites for hydroxylation is 1. The summed E-state index contributed by atoms with van der Waals surface area (Å²) in [6.45, 7) is 8.46. The molecule has 0 heterocycles. The molecule has 6 nitrogen and oxygen atoms in total. The molecule has 24 heavy (non-hydrogen) atoms. The van der Waals surface area contributed by atoms with Gasteiger partial charge in [0.15, 0.2) is 0 Å². The van der Waals surface area contributed by atoms with Crippen molar-refractivity contribution in [1.82, 2.24) is 0 Å². The number of nitro groups is 1. The fourth-order valence-corrected chi connectivity index (χ4v) is 4.04. The minimum atomic E-state index is -0.990. The number of hydrogen-bond donors (Lipinski definition) is 2. The summed E-state index contributed by atoms with van der Waals surface area (Å²) in [6.07, 6.45) is 2.89. The maximum Gasteiger partial charge on any atom is 0.307 e. The van der Waals surface area contributed by atoms with Gasteiger partial charge in [0.2, 0.25) is 0 Å². The fraction of sp³-hybridized carbons (Fsp3) is 0.611. The number of anilines is 1. The molecule has 132 valence electrons. The lowest BCUT2D eigenvalue weighted by Crippen LogP contribution is -2.35. The van der Waals surface area contributed by atoms with Crippen LogP contribution in [0.3, 0.4) is 0 Å². The number of rotatable bonds is 5. The van der Waals surface area contributed by atoms with Crippen molar-refractivity contribution in [2.24, 2.45) is 11.3 Å². The summed E-state index contributed by atoms with van der Waals surface area (Å²) in [7, 11) is 0. The van der Waals surface area contributed by atoms with Gasteiger partial charge in [0.25, 0.3) is 5.69 Å². The number of nitrogens with zero attached hydrogens (tertiary/aromatic N) is 1. The molecule has 1 aromatic rings. The molecule has 0 amide bonds. The predicted octanol–water partition coefficient (Wildman–Crippen LogP) is 4.16. The van der Waals surface area contributed by atoms with Crippen LogP contribution in [0.2, 0.25) is 0 Å². The third-order valence-electron chi connectivity index (χ3n) is 4.74. The van der Waals surface area contributed by atoms with E-state index >= 15 is 0 Å². The molecule has 0 saturated heterocycles. The Morgan fingerprint density at radius 2 is 2.08 bits per heavy atom. The van der Waals surface area contributed by atoms with Crippen molar-refractivity contribution in [3.63, 3.8) is 0 Å². The van der Waals surface area contributed by atoms with Crippen molar-refractivity contribution < 1.29 is 14.8 Å². The molecule has 0 radical (unpaired) electrons. The highest BCUT2D eigenvalue weighted by Gasteiger charge is 2.33. The van der Waals surface area contributed by atoms with Crippen molar-refractivity contribution in [3.05, 3.63) is 33.4 Å². The Kier molecular flexibility index (Phi) is 5.16. The van der Waals surface area contributed by atoms with E-state index in [0.29, 0.717) is 17.2 Å². The molecule has 0 aliphatic heterocycles. The number of carboxylic acid groups (broad SMARTS) is 1. The molecule has 1 saturated carbocycles. The molecule has 0 spiro atoms. The first-order valence-corrected chi connectivity index (χ1v) is 8.33. The first-order chi connectivity index (χ1) is 11.1. The Labute approximate surface area is 142 Å². The molecular formula is C18H26N2O4. The van der Waals surface area contributed by atoms with E-state index in [4.69, 9.17) is 5.11 Å². The van der Waals surface area contributed by atoms with Crippen LogP contribution in [0.5, 0.6) is 0 Å². The summed E-state index contributed by atoms with van der Waals surface area (Å²) in [6, 6.07) is 3.29.